The van der Waals surface area contributed by atoms with E-state index in [1.54, 1.807) is 12.1 Å². The lowest BCUT2D eigenvalue weighted by molar-refractivity contribution is 0.319. The molecule has 0 N–H and O–H groups in total. The van der Waals surface area contributed by atoms with Crippen LogP contribution in [0.4, 0.5) is 8.78 Å². The van der Waals surface area contributed by atoms with Crippen LogP contribution in [0.5, 0.6) is 11.8 Å². The van der Waals surface area contributed by atoms with Gasteiger partial charge in [-0.15, -0.1) is 0 Å². The van der Waals surface area contributed by atoms with Crippen LogP contribution >= 0.6 is 0 Å². The van der Waals surface area contributed by atoms with Crippen molar-refractivity contribution in [2.24, 2.45) is 0 Å². The predicted octanol–water partition coefficient (Wildman–Crippen LogP) is 2.29. The molecule has 0 saturated carbocycles. The zero-order valence-corrected chi connectivity index (χ0v) is 10.4. The van der Waals surface area contributed by atoms with Crippen LogP contribution in [0, 0.1) is 11.6 Å². The molecule has 3 rings (SSSR count). The van der Waals surface area contributed by atoms with Gasteiger partial charge in [-0.3, -0.25) is 4.98 Å². The first-order chi connectivity index (χ1) is 10.1. The fourth-order valence-electron chi connectivity index (χ4n) is 1.62. The highest BCUT2D eigenvalue weighted by Gasteiger charge is 2.15. The van der Waals surface area contributed by atoms with Crippen molar-refractivity contribution in [1.82, 2.24) is 14.8 Å². The van der Waals surface area contributed by atoms with Crippen molar-refractivity contribution < 1.29 is 17.9 Å². The van der Waals surface area contributed by atoms with Crippen LogP contribution in [0.3, 0.4) is 0 Å². The number of hydrogen-bond acceptors (Lipinski definition) is 5. The standard InChI is InChI=1S/C13H7F2N3O3/c14-8-3-4-11(10(15)6-8)18-13(19)21-12(17-18)20-9-2-1-5-16-7-9/h1-7H. The van der Waals surface area contributed by atoms with E-state index in [0.717, 1.165) is 12.1 Å². The maximum atomic E-state index is 13.6. The minimum absolute atomic E-state index is 0.244. The van der Waals surface area contributed by atoms with Crippen LogP contribution in [0.15, 0.2) is 51.9 Å². The second-order valence-corrected chi connectivity index (χ2v) is 3.93. The summed E-state index contributed by atoms with van der Waals surface area (Å²) in [6.45, 7) is 0. The van der Waals surface area contributed by atoms with E-state index in [0.29, 0.717) is 16.5 Å². The molecule has 0 aliphatic heterocycles. The van der Waals surface area contributed by atoms with Gasteiger partial charge in [0.1, 0.15) is 11.5 Å². The molecule has 0 amide bonds. The number of benzene rings is 1. The van der Waals surface area contributed by atoms with Gasteiger partial charge in [0.25, 0.3) is 0 Å². The van der Waals surface area contributed by atoms with E-state index in [4.69, 9.17) is 9.15 Å². The first-order valence-corrected chi connectivity index (χ1v) is 5.77. The molecule has 106 valence electrons. The number of nitrogens with zero attached hydrogens (tertiary/aromatic N) is 3. The first-order valence-electron chi connectivity index (χ1n) is 5.77. The molecule has 0 spiro atoms. The molecule has 6 nitrogen and oxygen atoms in total. The topological polar surface area (TPSA) is 70.2 Å². The molecule has 0 atom stereocenters. The van der Waals surface area contributed by atoms with Gasteiger partial charge in [-0.25, -0.2) is 13.6 Å². The van der Waals surface area contributed by atoms with Crippen molar-refractivity contribution in [3.63, 3.8) is 0 Å². The third-order valence-corrected chi connectivity index (χ3v) is 2.51. The van der Waals surface area contributed by atoms with Gasteiger partial charge in [0.2, 0.25) is 0 Å². The fraction of sp³-hybridized carbons (Fsp3) is 0. The Morgan fingerprint density at radius 1 is 1.24 bits per heavy atom. The van der Waals surface area contributed by atoms with Gasteiger partial charge in [0, 0.05) is 12.3 Å². The second-order valence-electron chi connectivity index (χ2n) is 3.93. The summed E-state index contributed by atoms with van der Waals surface area (Å²) in [6, 6.07) is 5.90. The average molecular weight is 291 g/mol. The summed E-state index contributed by atoms with van der Waals surface area (Å²) in [6.07, 6.45) is 2.55. The summed E-state index contributed by atoms with van der Waals surface area (Å²) in [5, 5.41) is 3.69. The highest BCUT2D eigenvalue weighted by Crippen LogP contribution is 2.18. The Kier molecular flexibility index (Phi) is 3.19. The Hall–Kier alpha value is -3.03. The molecule has 21 heavy (non-hydrogen) atoms. The molecule has 0 bridgehead atoms. The van der Waals surface area contributed by atoms with E-state index >= 15 is 0 Å². The average Bonchev–Trinajstić information content (AvgIpc) is 2.80. The fourth-order valence-corrected chi connectivity index (χ4v) is 1.62. The molecular formula is C13H7F2N3O3. The van der Waals surface area contributed by atoms with Crippen molar-refractivity contribution >= 4 is 0 Å². The monoisotopic (exact) mass is 291 g/mol. The Balaban J connectivity index is 1.96. The number of ether oxygens (including phenoxy) is 1. The van der Waals surface area contributed by atoms with E-state index in [-0.39, 0.29) is 11.8 Å². The van der Waals surface area contributed by atoms with Crippen LogP contribution in [0.25, 0.3) is 5.69 Å². The van der Waals surface area contributed by atoms with Crippen molar-refractivity contribution in [1.29, 1.82) is 0 Å². The van der Waals surface area contributed by atoms with E-state index in [1.807, 2.05) is 0 Å². The highest BCUT2D eigenvalue weighted by atomic mass is 19.1. The Morgan fingerprint density at radius 2 is 2.10 bits per heavy atom. The predicted molar refractivity (Wildman–Crippen MR) is 66.3 cm³/mol. The minimum atomic E-state index is -0.959. The summed E-state index contributed by atoms with van der Waals surface area (Å²) in [5.41, 5.74) is -0.244. The summed E-state index contributed by atoms with van der Waals surface area (Å²) < 4.78 is 37.0. The lowest BCUT2D eigenvalue weighted by atomic mass is 10.3. The number of pyridine rings is 1. The summed E-state index contributed by atoms with van der Waals surface area (Å²) in [7, 11) is 0. The van der Waals surface area contributed by atoms with Crippen molar-refractivity contribution in [3.05, 3.63) is 64.9 Å². The quantitative estimate of drug-likeness (QED) is 0.740. The Labute approximate surface area is 116 Å². The van der Waals surface area contributed by atoms with Crippen LogP contribution < -0.4 is 10.5 Å². The molecule has 8 heteroatoms. The Bertz CT molecular complexity index is 830. The van der Waals surface area contributed by atoms with Gasteiger partial charge in [0.05, 0.1) is 6.20 Å². The van der Waals surface area contributed by atoms with Gasteiger partial charge < -0.3 is 9.15 Å². The van der Waals surface area contributed by atoms with Gasteiger partial charge in [0.15, 0.2) is 11.6 Å². The van der Waals surface area contributed by atoms with Crippen LogP contribution in [0.2, 0.25) is 0 Å². The minimum Gasteiger partial charge on any atom is -0.408 e. The summed E-state index contributed by atoms with van der Waals surface area (Å²) >= 11 is 0. The van der Waals surface area contributed by atoms with E-state index in [2.05, 4.69) is 10.1 Å². The third kappa shape index (κ3) is 2.64. The molecule has 2 aromatic heterocycles. The second kappa shape index (κ2) is 5.16. The maximum absolute atomic E-state index is 13.6. The van der Waals surface area contributed by atoms with E-state index in [9.17, 15) is 13.6 Å². The van der Waals surface area contributed by atoms with Crippen molar-refractivity contribution in [2.45, 2.75) is 0 Å². The Morgan fingerprint density at radius 3 is 2.81 bits per heavy atom. The maximum Gasteiger partial charge on any atom is 0.444 e. The van der Waals surface area contributed by atoms with Crippen LogP contribution in [0.1, 0.15) is 0 Å². The molecule has 0 unspecified atom stereocenters. The van der Waals surface area contributed by atoms with Gasteiger partial charge in [-0.2, -0.15) is 4.68 Å². The summed E-state index contributed by atoms with van der Waals surface area (Å²) in [5.74, 6) is -2.37. The number of aromatic nitrogens is 3. The number of hydrogen-bond donors (Lipinski definition) is 0. The molecule has 0 aliphatic rings. The van der Waals surface area contributed by atoms with Gasteiger partial charge >= 0.3 is 11.8 Å². The molecule has 0 fully saturated rings. The van der Waals surface area contributed by atoms with E-state index < -0.39 is 17.4 Å². The lowest BCUT2D eigenvalue weighted by Crippen LogP contribution is -2.15. The van der Waals surface area contributed by atoms with Crippen molar-refractivity contribution in [3.8, 4) is 17.5 Å². The molecule has 0 radical (unpaired) electrons. The van der Waals surface area contributed by atoms with Crippen molar-refractivity contribution in [2.75, 3.05) is 0 Å². The first kappa shape index (κ1) is 13.0. The largest absolute Gasteiger partial charge is 0.444 e. The third-order valence-electron chi connectivity index (χ3n) is 2.51. The van der Waals surface area contributed by atoms with Gasteiger partial charge in [-0.05, 0) is 24.3 Å². The lowest BCUT2D eigenvalue weighted by Gasteiger charge is -2.00. The molecule has 2 heterocycles. The molecule has 0 saturated heterocycles. The number of rotatable bonds is 3. The smallest absolute Gasteiger partial charge is 0.408 e. The zero-order valence-electron chi connectivity index (χ0n) is 10.4. The molecule has 3 aromatic rings. The zero-order chi connectivity index (χ0) is 14.8. The SMILES string of the molecule is O=c1oc(Oc2cccnc2)nn1-c1ccc(F)cc1F. The van der Waals surface area contributed by atoms with Gasteiger partial charge in [-0.1, -0.05) is 5.10 Å². The molecule has 1 aromatic carbocycles. The molecule has 0 aliphatic carbocycles. The number of halogens is 2. The van der Waals surface area contributed by atoms with Crippen LogP contribution in [-0.2, 0) is 0 Å². The summed E-state index contributed by atoms with van der Waals surface area (Å²) in [4.78, 5) is 15.5. The highest BCUT2D eigenvalue weighted by molar-refractivity contribution is 5.32. The van der Waals surface area contributed by atoms with Crippen LogP contribution in [-0.4, -0.2) is 14.8 Å². The normalized spacial score (nSPS) is 10.6. The molecular weight excluding hydrogens is 284 g/mol. The van der Waals surface area contributed by atoms with E-state index in [1.165, 1.54) is 12.4 Å².